The molecular weight excluding hydrogens is 413 g/mol. The molecule has 0 radical (unpaired) electrons. The highest BCUT2D eigenvalue weighted by Gasteiger charge is 2.30. The minimum Gasteiger partial charge on any atom is -0.339 e. The zero-order chi connectivity index (χ0) is 19.0. The van der Waals surface area contributed by atoms with E-state index in [0.29, 0.717) is 23.7 Å². The number of hydrogen-bond donors (Lipinski definition) is 0. The van der Waals surface area contributed by atoms with E-state index in [-0.39, 0.29) is 24.2 Å². The van der Waals surface area contributed by atoms with Gasteiger partial charge < -0.3 is 9.42 Å². The average Bonchev–Trinajstić information content (AvgIpc) is 3.23. The maximum absolute atomic E-state index is 13.0. The second kappa shape index (κ2) is 7.23. The summed E-state index contributed by atoms with van der Waals surface area (Å²) in [5, 5.41) is 3.91. The lowest BCUT2D eigenvalue weighted by Crippen LogP contribution is -2.35. The maximum atomic E-state index is 13.0. The molecule has 0 fully saturated rings. The van der Waals surface area contributed by atoms with Gasteiger partial charge in [-0.1, -0.05) is 21.1 Å². The summed E-state index contributed by atoms with van der Waals surface area (Å²) < 4.78 is 19.3. The fourth-order valence-electron chi connectivity index (χ4n) is 3.39. The van der Waals surface area contributed by atoms with Crippen LogP contribution in [0.5, 0.6) is 0 Å². The molecule has 0 unspecified atom stereocenters. The number of benzene rings is 2. The first-order valence-electron chi connectivity index (χ1n) is 8.70. The van der Waals surface area contributed by atoms with Crippen molar-refractivity contribution in [1.82, 2.24) is 10.1 Å². The lowest BCUT2D eigenvalue weighted by molar-refractivity contribution is -0.118. The average molecular weight is 430 g/mol. The van der Waals surface area contributed by atoms with Crippen molar-refractivity contribution in [2.24, 2.45) is 0 Å². The molecule has 1 aromatic heterocycles. The van der Waals surface area contributed by atoms with Crippen molar-refractivity contribution in [2.75, 3.05) is 4.90 Å². The van der Waals surface area contributed by atoms with Crippen LogP contribution in [0.3, 0.4) is 0 Å². The molecule has 0 saturated heterocycles. The molecule has 0 saturated carbocycles. The number of anilines is 1. The van der Waals surface area contributed by atoms with Crippen molar-refractivity contribution in [2.45, 2.75) is 32.2 Å². The SMILES string of the molecule is C[C@H]1Cc2cc(Br)ccc2N1C(=O)CCc1nc(-c2ccc(F)cc2)no1. The van der Waals surface area contributed by atoms with Crippen molar-refractivity contribution in [3.63, 3.8) is 0 Å². The number of nitrogens with zero attached hydrogens (tertiary/aromatic N) is 3. The van der Waals surface area contributed by atoms with Crippen LogP contribution in [0.4, 0.5) is 10.1 Å². The van der Waals surface area contributed by atoms with Gasteiger partial charge in [-0.2, -0.15) is 4.98 Å². The topological polar surface area (TPSA) is 59.2 Å². The van der Waals surface area contributed by atoms with Gasteiger partial charge in [0.15, 0.2) is 0 Å². The number of aryl methyl sites for hydroxylation is 1. The molecule has 0 spiro atoms. The molecule has 0 N–H and O–H groups in total. The van der Waals surface area contributed by atoms with E-state index in [2.05, 4.69) is 32.1 Å². The summed E-state index contributed by atoms with van der Waals surface area (Å²) in [7, 11) is 0. The number of carbonyl (C=O) groups is 1. The van der Waals surface area contributed by atoms with E-state index in [1.165, 1.54) is 17.7 Å². The largest absolute Gasteiger partial charge is 0.339 e. The molecule has 0 aliphatic carbocycles. The molecule has 5 nitrogen and oxygen atoms in total. The van der Waals surface area contributed by atoms with Crippen molar-refractivity contribution < 1.29 is 13.7 Å². The number of hydrogen-bond acceptors (Lipinski definition) is 4. The molecule has 138 valence electrons. The molecule has 4 rings (SSSR count). The Morgan fingerprint density at radius 1 is 1.30 bits per heavy atom. The van der Waals surface area contributed by atoms with Gasteiger partial charge in [0.05, 0.1) is 0 Å². The number of amides is 1. The summed E-state index contributed by atoms with van der Waals surface area (Å²) in [6.07, 6.45) is 1.49. The van der Waals surface area contributed by atoms with Crippen molar-refractivity contribution in [3.05, 3.63) is 64.2 Å². The Morgan fingerprint density at radius 2 is 2.07 bits per heavy atom. The highest BCUT2D eigenvalue weighted by Crippen LogP contribution is 2.34. The molecule has 3 aromatic rings. The van der Waals surface area contributed by atoms with Crippen molar-refractivity contribution in [1.29, 1.82) is 0 Å². The summed E-state index contributed by atoms with van der Waals surface area (Å²) in [6, 6.07) is 12.0. The summed E-state index contributed by atoms with van der Waals surface area (Å²) in [5.74, 6) is 0.498. The van der Waals surface area contributed by atoms with Gasteiger partial charge in [-0.3, -0.25) is 4.79 Å². The van der Waals surface area contributed by atoms with E-state index in [4.69, 9.17) is 4.52 Å². The Balaban J connectivity index is 1.44. The molecule has 1 atom stereocenters. The zero-order valence-corrected chi connectivity index (χ0v) is 16.2. The summed E-state index contributed by atoms with van der Waals surface area (Å²) in [4.78, 5) is 18.9. The summed E-state index contributed by atoms with van der Waals surface area (Å²) in [6.45, 7) is 2.05. The highest BCUT2D eigenvalue weighted by atomic mass is 79.9. The second-order valence-corrected chi connectivity index (χ2v) is 7.52. The van der Waals surface area contributed by atoms with Gasteiger partial charge in [0.2, 0.25) is 17.6 Å². The molecule has 2 heterocycles. The van der Waals surface area contributed by atoms with Crippen LogP contribution >= 0.6 is 15.9 Å². The highest BCUT2D eigenvalue weighted by molar-refractivity contribution is 9.10. The predicted octanol–water partition coefficient (Wildman–Crippen LogP) is 4.55. The van der Waals surface area contributed by atoms with Crippen LogP contribution in [-0.4, -0.2) is 22.1 Å². The Bertz CT molecular complexity index is 987. The van der Waals surface area contributed by atoms with Gasteiger partial charge in [0.1, 0.15) is 5.82 Å². The molecular formula is C20H17BrFN3O2. The third-order valence-corrected chi connectivity index (χ3v) is 5.14. The molecule has 0 bridgehead atoms. The molecule has 2 aromatic carbocycles. The Morgan fingerprint density at radius 3 is 2.85 bits per heavy atom. The Kier molecular flexibility index (Phi) is 4.78. The normalized spacial score (nSPS) is 15.8. The molecule has 27 heavy (non-hydrogen) atoms. The first-order chi connectivity index (χ1) is 13.0. The number of carbonyl (C=O) groups excluding carboxylic acids is 1. The van der Waals surface area contributed by atoms with Crippen LogP contribution in [0.15, 0.2) is 51.5 Å². The first kappa shape index (κ1) is 17.9. The fourth-order valence-corrected chi connectivity index (χ4v) is 3.80. The predicted molar refractivity (Wildman–Crippen MR) is 103 cm³/mol. The standard InChI is InChI=1S/C20H17BrFN3O2/c1-12-10-14-11-15(21)4-7-17(14)25(12)19(26)9-8-18-23-20(24-27-18)13-2-5-16(22)6-3-13/h2-7,11-12H,8-10H2,1H3/t12-/m0/s1. The lowest BCUT2D eigenvalue weighted by atomic mass is 10.1. The van der Waals surface area contributed by atoms with E-state index in [0.717, 1.165) is 16.6 Å². The number of aromatic nitrogens is 2. The first-order valence-corrected chi connectivity index (χ1v) is 9.49. The van der Waals surface area contributed by atoms with Crippen LogP contribution in [0.2, 0.25) is 0 Å². The van der Waals surface area contributed by atoms with E-state index in [9.17, 15) is 9.18 Å². The summed E-state index contributed by atoms with van der Waals surface area (Å²) in [5.41, 5.74) is 2.81. The van der Waals surface area contributed by atoms with E-state index >= 15 is 0 Å². The smallest absolute Gasteiger partial charge is 0.227 e. The molecule has 7 heteroatoms. The van der Waals surface area contributed by atoms with Crippen LogP contribution in [0.25, 0.3) is 11.4 Å². The Hall–Kier alpha value is -2.54. The van der Waals surface area contributed by atoms with Gasteiger partial charge in [0.25, 0.3) is 0 Å². The maximum Gasteiger partial charge on any atom is 0.227 e. The lowest BCUT2D eigenvalue weighted by Gasteiger charge is -2.22. The van der Waals surface area contributed by atoms with Gasteiger partial charge >= 0.3 is 0 Å². The third kappa shape index (κ3) is 3.64. The van der Waals surface area contributed by atoms with Crippen molar-refractivity contribution >= 4 is 27.5 Å². The third-order valence-electron chi connectivity index (χ3n) is 4.65. The summed E-state index contributed by atoms with van der Waals surface area (Å²) >= 11 is 3.48. The van der Waals surface area contributed by atoms with E-state index in [1.807, 2.05) is 24.0 Å². The van der Waals surface area contributed by atoms with Gasteiger partial charge in [0, 0.05) is 34.6 Å². The minimum atomic E-state index is -0.319. The van der Waals surface area contributed by atoms with E-state index in [1.54, 1.807) is 12.1 Å². The Labute approximate surface area is 164 Å². The zero-order valence-electron chi connectivity index (χ0n) is 14.7. The van der Waals surface area contributed by atoms with Crippen LogP contribution < -0.4 is 4.90 Å². The number of halogens is 2. The quantitative estimate of drug-likeness (QED) is 0.610. The number of fused-ring (bicyclic) bond motifs is 1. The minimum absolute atomic E-state index is 0.0325. The monoisotopic (exact) mass is 429 g/mol. The van der Waals surface area contributed by atoms with Crippen LogP contribution in [-0.2, 0) is 17.6 Å². The van der Waals surface area contributed by atoms with Crippen LogP contribution in [0.1, 0.15) is 24.8 Å². The van der Waals surface area contributed by atoms with Gasteiger partial charge in [-0.05, 0) is 61.4 Å². The fraction of sp³-hybridized carbons (Fsp3) is 0.250. The number of rotatable bonds is 4. The second-order valence-electron chi connectivity index (χ2n) is 6.61. The van der Waals surface area contributed by atoms with Gasteiger partial charge in [-0.15, -0.1) is 0 Å². The molecule has 1 aliphatic rings. The molecule has 1 amide bonds. The molecule has 1 aliphatic heterocycles. The van der Waals surface area contributed by atoms with E-state index < -0.39 is 0 Å². The van der Waals surface area contributed by atoms with Crippen molar-refractivity contribution in [3.8, 4) is 11.4 Å². The van der Waals surface area contributed by atoms with Crippen LogP contribution in [0, 0.1) is 5.82 Å². The van der Waals surface area contributed by atoms with Gasteiger partial charge in [-0.25, -0.2) is 4.39 Å².